The van der Waals surface area contributed by atoms with E-state index in [2.05, 4.69) is 106 Å². The number of allylic oxidation sites excluding steroid dienone is 14. The number of carbonyl (C=O) groups is 3. The number of esters is 3. The van der Waals surface area contributed by atoms with Gasteiger partial charge in [0, 0.05) is 19.3 Å². The van der Waals surface area contributed by atoms with E-state index in [1.807, 2.05) is 0 Å². The van der Waals surface area contributed by atoms with Crippen molar-refractivity contribution in [2.24, 2.45) is 0 Å². The molecule has 0 fully saturated rings. The van der Waals surface area contributed by atoms with Crippen LogP contribution in [0.3, 0.4) is 0 Å². The zero-order valence-corrected chi connectivity index (χ0v) is 53.8. The van der Waals surface area contributed by atoms with Crippen molar-refractivity contribution in [1.29, 1.82) is 0 Å². The Morgan fingerprint density at radius 2 is 0.481 bits per heavy atom. The lowest BCUT2D eigenvalue weighted by Crippen LogP contribution is -2.30. The van der Waals surface area contributed by atoms with E-state index in [9.17, 15) is 14.4 Å². The molecule has 81 heavy (non-hydrogen) atoms. The Labute approximate surface area is 503 Å². The van der Waals surface area contributed by atoms with Crippen LogP contribution in [0.5, 0.6) is 0 Å². The molecule has 0 aromatic carbocycles. The first-order chi connectivity index (χ1) is 40.0. The predicted molar refractivity (Wildman–Crippen MR) is 353 cm³/mol. The molecule has 1 atom stereocenters. The molecule has 0 aromatic heterocycles. The van der Waals surface area contributed by atoms with Crippen molar-refractivity contribution in [3.05, 3.63) is 85.1 Å². The topological polar surface area (TPSA) is 78.9 Å². The predicted octanol–water partition coefficient (Wildman–Crippen LogP) is 24.2. The Balaban J connectivity index is 3.96. The summed E-state index contributed by atoms with van der Waals surface area (Å²) in [5, 5.41) is 0. The Morgan fingerprint density at radius 3 is 0.753 bits per heavy atom. The number of ether oxygens (including phenoxy) is 3. The van der Waals surface area contributed by atoms with E-state index in [1.54, 1.807) is 0 Å². The number of unbranched alkanes of at least 4 members (excludes halogenated alkanes) is 39. The van der Waals surface area contributed by atoms with Gasteiger partial charge in [0.2, 0.25) is 0 Å². The van der Waals surface area contributed by atoms with Gasteiger partial charge in [-0.25, -0.2) is 0 Å². The van der Waals surface area contributed by atoms with E-state index in [1.165, 1.54) is 212 Å². The first-order valence-corrected chi connectivity index (χ1v) is 35.1. The molecular weight excluding hydrogens is 997 g/mol. The Morgan fingerprint density at radius 1 is 0.259 bits per heavy atom. The van der Waals surface area contributed by atoms with Crippen molar-refractivity contribution in [2.75, 3.05) is 13.2 Å². The minimum Gasteiger partial charge on any atom is -0.462 e. The molecule has 0 saturated carbocycles. The van der Waals surface area contributed by atoms with Crippen LogP contribution in [-0.2, 0) is 28.6 Å². The van der Waals surface area contributed by atoms with Gasteiger partial charge in [-0.2, -0.15) is 0 Å². The van der Waals surface area contributed by atoms with Crippen LogP contribution in [0.15, 0.2) is 85.1 Å². The van der Waals surface area contributed by atoms with E-state index in [4.69, 9.17) is 14.2 Å². The highest BCUT2D eigenvalue weighted by Crippen LogP contribution is 2.18. The van der Waals surface area contributed by atoms with Crippen molar-refractivity contribution >= 4 is 17.9 Å². The highest BCUT2D eigenvalue weighted by atomic mass is 16.6. The van der Waals surface area contributed by atoms with Gasteiger partial charge in [0.05, 0.1) is 0 Å². The molecule has 0 aliphatic rings. The van der Waals surface area contributed by atoms with Gasteiger partial charge in [0.15, 0.2) is 6.10 Å². The van der Waals surface area contributed by atoms with Crippen LogP contribution in [0.4, 0.5) is 0 Å². The fourth-order valence-electron chi connectivity index (χ4n) is 10.2. The molecule has 0 heterocycles. The second-order valence-electron chi connectivity index (χ2n) is 23.4. The van der Waals surface area contributed by atoms with Crippen LogP contribution >= 0.6 is 0 Å². The molecule has 0 bridgehead atoms. The summed E-state index contributed by atoms with van der Waals surface area (Å²) in [6.07, 6.45) is 92.4. The van der Waals surface area contributed by atoms with E-state index < -0.39 is 6.10 Å². The van der Waals surface area contributed by atoms with Crippen molar-refractivity contribution in [2.45, 2.75) is 361 Å². The van der Waals surface area contributed by atoms with Crippen LogP contribution in [0.25, 0.3) is 0 Å². The summed E-state index contributed by atoms with van der Waals surface area (Å²) in [6.45, 7) is 6.47. The molecule has 1 unspecified atom stereocenters. The zero-order chi connectivity index (χ0) is 58.5. The second kappa shape index (κ2) is 69.1. The molecule has 6 nitrogen and oxygen atoms in total. The van der Waals surface area contributed by atoms with Crippen LogP contribution in [-0.4, -0.2) is 37.2 Å². The molecule has 0 aliphatic heterocycles. The largest absolute Gasteiger partial charge is 0.462 e. The lowest BCUT2D eigenvalue weighted by atomic mass is 10.0. The van der Waals surface area contributed by atoms with Gasteiger partial charge in [-0.05, 0) is 96.3 Å². The maximum atomic E-state index is 12.9. The van der Waals surface area contributed by atoms with E-state index in [-0.39, 0.29) is 31.1 Å². The van der Waals surface area contributed by atoms with Crippen molar-refractivity contribution in [3.8, 4) is 0 Å². The normalized spacial score (nSPS) is 12.6. The first kappa shape index (κ1) is 77.6. The van der Waals surface area contributed by atoms with Gasteiger partial charge in [0.1, 0.15) is 13.2 Å². The lowest BCUT2D eigenvalue weighted by molar-refractivity contribution is -0.167. The van der Waals surface area contributed by atoms with Crippen molar-refractivity contribution in [1.82, 2.24) is 0 Å². The monoisotopic (exact) mass is 1130 g/mol. The highest BCUT2D eigenvalue weighted by Gasteiger charge is 2.19. The Hall–Kier alpha value is -3.41. The molecule has 0 spiro atoms. The standard InChI is InChI=1S/C75H132O6/c1-4-7-10-13-15-17-19-21-23-25-27-29-31-33-35-36-37-38-40-41-43-45-47-49-51-53-55-57-59-62-65-68-74(77)80-71-72(70-79-73(76)67-64-61-12-9-6-3)81-75(78)69-66-63-60-58-56-54-52-50-48-46-44-42-39-34-32-30-28-26-24-22-20-18-16-14-11-8-5-2/h8,11,16,18-19,21-22,24-25,27-28,30-31,33,72H,4-7,9-10,12-15,17,20,23,26,29,32,34-71H2,1-3H3/b11-8-,18-16-,21-19-,24-22-,27-25-,30-28-,33-31-. The quantitative estimate of drug-likeness (QED) is 0.0261. The third kappa shape index (κ3) is 67.3. The van der Waals surface area contributed by atoms with E-state index >= 15 is 0 Å². The van der Waals surface area contributed by atoms with Crippen LogP contribution in [0.2, 0.25) is 0 Å². The third-order valence-corrected chi connectivity index (χ3v) is 15.4. The maximum Gasteiger partial charge on any atom is 0.306 e. The number of hydrogen-bond donors (Lipinski definition) is 0. The minimum absolute atomic E-state index is 0.0730. The van der Waals surface area contributed by atoms with Crippen molar-refractivity contribution in [3.63, 3.8) is 0 Å². The van der Waals surface area contributed by atoms with Gasteiger partial charge in [-0.1, -0.05) is 324 Å². The van der Waals surface area contributed by atoms with Gasteiger partial charge in [-0.3, -0.25) is 14.4 Å². The molecule has 0 aliphatic carbocycles. The average Bonchev–Trinajstić information content (AvgIpc) is 3.47. The second-order valence-corrected chi connectivity index (χ2v) is 23.4. The summed E-state index contributed by atoms with van der Waals surface area (Å²) in [6, 6.07) is 0. The molecule has 0 aromatic rings. The summed E-state index contributed by atoms with van der Waals surface area (Å²) < 4.78 is 16.8. The summed E-state index contributed by atoms with van der Waals surface area (Å²) >= 11 is 0. The van der Waals surface area contributed by atoms with Crippen molar-refractivity contribution < 1.29 is 28.6 Å². The summed E-state index contributed by atoms with van der Waals surface area (Å²) in [5.41, 5.74) is 0. The van der Waals surface area contributed by atoms with Crippen LogP contribution in [0, 0.1) is 0 Å². The zero-order valence-electron chi connectivity index (χ0n) is 53.8. The minimum atomic E-state index is -0.773. The van der Waals surface area contributed by atoms with Gasteiger partial charge in [-0.15, -0.1) is 0 Å². The molecule has 0 rings (SSSR count). The van der Waals surface area contributed by atoms with Gasteiger partial charge < -0.3 is 14.2 Å². The van der Waals surface area contributed by atoms with Gasteiger partial charge in [0.25, 0.3) is 0 Å². The van der Waals surface area contributed by atoms with E-state index in [0.29, 0.717) is 19.3 Å². The SMILES string of the molecule is CC/C=C\C/C=C\C/C=C\C/C=C\CCCCCCCCCCCCCCCCC(=O)OC(COC(=O)CCCCCCC)COC(=O)CCCCCCCCCCCCCCCCCC/C=C\C/C=C\C/C=C\CCCCCCC. The molecule has 0 saturated heterocycles. The summed E-state index contributed by atoms with van der Waals surface area (Å²) in [5.74, 6) is -0.872. The fourth-order valence-corrected chi connectivity index (χ4v) is 10.2. The number of rotatable bonds is 64. The van der Waals surface area contributed by atoms with Crippen LogP contribution < -0.4 is 0 Å². The molecular formula is C75H132O6. The number of carbonyl (C=O) groups excluding carboxylic acids is 3. The molecule has 6 heteroatoms. The van der Waals surface area contributed by atoms with E-state index in [0.717, 1.165) is 103 Å². The highest BCUT2D eigenvalue weighted by molar-refractivity contribution is 5.71. The first-order valence-electron chi connectivity index (χ1n) is 35.1. The number of hydrogen-bond acceptors (Lipinski definition) is 6. The maximum absolute atomic E-state index is 12.9. The smallest absolute Gasteiger partial charge is 0.306 e. The third-order valence-electron chi connectivity index (χ3n) is 15.4. The van der Waals surface area contributed by atoms with Gasteiger partial charge >= 0.3 is 17.9 Å². The molecule has 468 valence electrons. The Bertz CT molecular complexity index is 1530. The Kier molecular flexibility index (Phi) is 66.2. The van der Waals surface area contributed by atoms with Crippen LogP contribution in [0.1, 0.15) is 355 Å². The lowest BCUT2D eigenvalue weighted by Gasteiger charge is -2.18. The molecule has 0 radical (unpaired) electrons. The molecule has 0 N–H and O–H groups in total. The summed E-state index contributed by atoms with van der Waals surface area (Å²) in [4.78, 5) is 38.0. The fraction of sp³-hybridized carbons (Fsp3) is 0.773. The summed E-state index contributed by atoms with van der Waals surface area (Å²) in [7, 11) is 0. The average molecular weight is 1130 g/mol. The molecule has 0 amide bonds.